The summed E-state index contributed by atoms with van der Waals surface area (Å²) in [5.41, 5.74) is 0.761. The van der Waals surface area contributed by atoms with E-state index in [1.165, 1.54) is 11.0 Å². The molecule has 10 nitrogen and oxygen atoms in total. The monoisotopic (exact) mass is 478 g/mol. The lowest BCUT2D eigenvalue weighted by molar-refractivity contribution is -0.188. The molecule has 2 atom stereocenters. The average molecular weight is 479 g/mol. The molecule has 2 N–H and O–H groups in total. The molecule has 1 aliphatic heterocycles. The average Bonchev–Trinajstić information content (AvgIpc) is 3.49. The molecule has 0 bridgehead atoms. The third-order valence-electron chi connectivity index (χ3n) is 5.01. The van der Waals surface area contributed by atoms with Crippen molar-refractivity contribution in [2.75, 3.05) is 6.61 Å². The number of hydroxylamine groups is 2. The zero-order chi connectivity index (χ0) is 23.5. The number of aliphatic hydroxyl groups is 1. The predicted octanol–water partition coefficient (Wildman–Crippen LogP) is 1.48. The number of tetrazole rings is 1. The van der Waals surface area contributed by atoms with Gasteiger partial charge in [0.05, 0.1) is 12.3 Å². The van der Waals surface area contributed by atoms with Gasteiger partial charge in [0.2, 0.25) is 5.91 Å². The largest absolute Gasteiger partial charge is 0.378 e. The first-order valence-electron chi connectivity index (χ1n) is 9.73. The molecule has 1 fully saturated rings. The van der Waals surface area contributed by atoms with Crippen LogP contribution in [-0.4, -0.2) is 54.8 Å². The maximum atomic E-state index is 14.0. The molecule has 1 aromatic heterocycles. The van der Waals surface area contributed by atoms with E-state index < -0.39 is 41.2 Å². The summed E-state index contributed by atoms with van der Waals surface area (Å²) in [6.45, 7) is 0.0672. The number of hydrogen-bond donors (Lipinski definition) is 2. The first kappa shape index (κ1) is 22.7. The smallest absolute Gasteiger partial charge is 0.280 e. The molecule has 13 heteroatoms. The molecule has 2 aromatic carbocycles. The highest BCUT2D eigenvalue weighted by molar-refractivity contribution is 6.30. The van der Waals surface area contributed by atoms with Crippen molar-refractivity contribution in [2.45, 2.75) is 25.1 Å². The Morgan fingerprint density at radius 3 is 2.82 bits per heavy atom. The first-order valence-corrected chi connectivity index (χ1v) is 10.1. The Balaban J connectivity index is 1.47. The van der Waals surface area contributed by atoms with E-state index in [4.69, 9.17) is 16.4 Å². The lowest BCUT2D eigenvalue weighted by Gasteiger charge is -2.24. The van der Waals surface area contributed by atoms with Crippen LogP contribution in [0.3, 0.4) is 0 Å². The number of nitrogens with zero attached hydrogens (tertiary/aromatic N) is 5. The molecule has 172 valence electrons. The van der Waals surface area contributed by atoms with Crippen LogP contribution < -0.4 is 5.32 Å². The van der Waals surface area contributed by atoms with Crippen molar-refractivity contribution in [1.82, 2.24) is 30.6 Å². The van der Waals surface area contributed by atoms with Crippen LogP contribution in [0.1, 0.15) is 23.7 Å². The Bertz CT molecular complexity index is 1180. The van der Waals surface area contributed by atoms with Gasteiger partial charge in [-0.15, -0.1) is 5.10 Å². The highest BCUT2D eigenvalue weighted by Gasteiger charge is 2.39. The fraction of sp³-hybridized carbons (Fsp3) is 0.250. The zero-order valence-corrected chi connectivity index (χ0v) is 17.6. The van der Waals surface area contributed by atoms with Gasteiger partial charge < -0.3 is 10.4 Å². The minimum absolute atomic E-state index is 0.0300. The molecule has 2 heterocycles. The Labute approximate surface area is 190 Å². The number of amides is 2. The van der Waals surface area contributed by atoms with Crippen molar-refractivity contribution in [2.24, 2.45) is 0 Å². The van der Waals surface area contributed by atoms with E-state index in [2.05, 4.69) is 20.8 Å². The maximum Gasteiger partial charge on any atom is 0.280 e. The molecule has 2 unspecified atom stereocenters. The fourth-order valence-corrected chi connectivity index (χ4v) is 3.59. The van der Waals surface area contributed by atoms with Crippen LogP contribution >= 0.6 is 11.6 Å². The number of benzene rings is 2. The highest BCUT2D eigenvalue weighted by Crippen LogP contribution is 2.25. The third-order valence-corrected chi connectivity index (χ3v) is 5.24. The van der Waals surface area contributed by atoms with Crippen molar-refractivity contribution < 1.29 is 28.3 Å². The molecule has 3 aromatic rings. The van der Waals surface area contributed by atoms with E-state index in [1.54, 1.807) is 18.2 Å². The van der Waals surface area contributed by atoms with Gasteiger partial charge in [-0.3, -0.25) is 14.4 Å². The number of aliphatic hydroxyl groups excluding tert-OH is 1. The van der Waals surface area contributed by atoms with Crippen LogP contribution in [0, 0.1) is 11.6 Å². The van der Waals surface area contributed by atoms with Gasteiger partial charge in [0.15, 0.2) is 6.10 Å². The molecule has 1 saturated heterocycles. The van der Waals surface area contributed by atoms with E-state index in [1.807, 2.05) is 0 Å². The highest BCUT2D eigenvalue weighted by atomic mass is 35.5. The second-order valence-electron chi connectivity index (χ2n) is 7.12. The number of rotatable bonds is 6. The van der Waals surface area contributed by atoms with E-state index in [0.717, 1.165) is 12.1 Å². The second-order valence-corrected chi connectivity index (χ2v) is 7.55. The topological polar surface area (TPSA) is 122 Å². The SMILES string of the molecule is O=C(NCc1cc(Cl)ccc1-n1cnnn1)C1CCON1C(=O)C(O)c1ccc(F)cc1F. The van der Waals surface area contributed by atoms with E-state index in [0.29, 0.717) is 27.4 Å². The van der Waals surface area contributed by atoms with Gasteiger partial charge in [-0.2, -0.15) is 0 Å². The summed E-state index contributed by atoms with van der Waals surface area (Å²) >= 11 is 6.07. The predicted molar refractivity (Wildman–Crippen MR) is 109 cm³/mol. The summed E-state index contributed by atoms with van der Waals surface area (Å²) in [7, 11) is 0. The number of halogens is 3. The van der Waals surface area contributed by atoms with Gasteiger partial charge in [-0.25, -0.2) is 18.5 Å². The quantitative estimate of drug-likeness (QED) is 0.550. The third kappa shape index (κ3) is 4.82. The summed E-state index contributed by atoms with van der Waals surface area (Å²) in [4.78, 5) is 30.7. The summed E-state index contributed by atoms with van der Waals surface area (Å²) in [6.07, 6.45) is -0.431. The molecule has 1 aliphatic rings. The van der Waals surface area contributed by atoms with Crippen molar-refractivity contribution >= 4 is 23.4 Å². The van der Waals surface area contributed by atoms with E-state index in [9.17, 15) is 23.5 Å². The number of carbonyl (C=O) groups excluding carboxylic acids is 2. The second kappa shape index (κ2) is 9.57. The molecule has 0 spiro atoms. The molecular weight excluding hydrogens is 462 g/mol. The van der Waals surface area contributed by atoms with E-state index >= 15 is 0 Å². The standard InChI is InChI=1S/C20H17ClF2N6O4/c21-12-1-4-16(28-10-25-26-27-28)11(7-12)9-24-19(31)17-5-6-33-29(17)20(32)18(30)14-3-2-13(22)8-15(14)23/h1-4,7-8,10,17-18,30H,5-6,9H2,(H,24,31). The van der Waals surface area contributed by atoms with Crippen molar-refractivity contribution in [3.63, 3.8) is 0 Å². The minimum Gasteiger partial charge on any atom is -0.378 e. The Kier molecular flexibility index (Phi) is 6.58. The van der Waals surface area contributed by atoms with Gasteiger partial charge in [0.1, 0.15) is 24.0 Å². The Morgan fingerprint density at radius 2 is 2.09 bits per heavy atom. The molecule has 0 saturated carbocycles. The maximum absolute atomic E-state index is 14.0. The number of nitrogens with one attached hydrogen (secondary N) is 1. The fourth-order valence-electron chi connectivity index (χ4n) is 3.39. The summed E-state index contributed by atoms with van der Waals surface area (Å²) in [6, 6.07) is 6.32. The summed E-state index contributed by atoms with van der Waals surface area (Å²) < 4.78 is 28.5. The van der Waals surface area contributed by atoms with Crippen LogP contribution in [0.15, 0.2) is 42.7 Å². The molecule has 4 rings (SSSR count). The zero-order valence-electron chi connectivity index (χ0n) is 16.9. The number of hydrogen-bond acceptors (Lipinski definition) is 7. The lowest BCUT2D eigenvalue weighted by Crippen LogP contribution is -2.46. The van der Waals surface area contributed by atoms with Crippen molar-refractivity contribution in [3.8, 4) is 5.69 Å². The Hall–Kier alpha value is -3.48. The van der Waals surface area contributed by atoms with Crippen molar-refractivity contribution in [3.05, 3.63) is 70.5 Å². The minimum atomic E-state index is -1.97. The van der Waals surface area contributed by atoms with Gasteiger partial charge in [-0.1, -0.05) is 17.7 Å². The number of carbonyl (C=O) groups is 2. The Morgan fingerprint density at radius 1 is 1.27 bits per heavy atom. The summed E-state index contributed by atoms with van der Waals surface area (Å²) in [5.74, 6) is -3.55. The molecular formula is C20H17ClF2N6O4. The molecule has 0 radical (unpaired) electrons. The van der Waals surface area contributed by atoms with Crippen LogP contribution in [0.25, 0.3) is 5.69 Å². The van der Waals surface area contributed by atoms with Crippen LogP contribution in [0.2, 0.25) is 5.02 Å². The van der Waals surface area contributed by atoms with Crippen LogP contribution in [-0.2, 0) is 21.0 Å². The lowest BCUT2D eigenvalue weighted by atomic mass is 10.1. The summed E-state index contributed by atoms with van der Waals surface area (Å²) in [5, 5.41) is 25.1. The van der Waals surface area contributed by atoms with Gasteiger partial charge in [0.25, 0.3) is 5.91 Å². The van der Waals surface area contributed by atoms with Crippen molar-refractivity contribution in [1.29, 1.82) is 0 Å². The van der Waals surface area contributed by atoms with E-state index in [-0.39, 0.29) is 19.6 Å². The molecule has 0 aliphatic carbocycles. The first-order chi connectivity index (χ1) is 15.8. The molecule has 33 heavy (non-hydrogen) atoms. The number of aromatic nitrogens is 4. The van der Waals surface area contributed by atoms with Crippen LogP contribution in [0.5, 0.6) is 0 Å². The van der Waals surface area contributed by atoms with Crippen LogP contribution in [0.4, 0.5) is 8.78 Å². The van der Waals surface area contributed by atoms with Gasteiger partial charge in [0, 0.05) is 29.6 Å². The van der Waals surface area contributed by atoms with Gasteiger partial charge >= 0.3 is 0 Å². The normalized spacial score (nSPS) is 16.6. The molecule has 2 amide bonds. The van der Waals surface area contributed by atoms with Gasteiger partial charge in [-0.05, 0) is 40.3 Å².